The lowest BCUT2D eigenvalue weighted by Crippen LogP contribution is -2.29. The Kier molecular flexibility index (Phi) is 8.33. The van der Waals surface area contributed by atoms with Crippen LogP contribution in [0.15, 0.2) is 66.2 Å². The highest BCUT2D eigenvalue weighted by atomic mass is 35.5. The summed E-state index contributed by atoms with van der Waals surface area (Å²) in [7, 11) is 0. The molecule has 1 unspecified atom stereocenters. The first kappa shape index (κ1) is 28.6. The SMILES string of the molecule is CCOc1cc(C2/C(=C(\O)c3ccc(Cl)cc3)C(=O)C(=O)N2c2nc3ccc(C)cc3s2)ccc1OCCC(C)C. The van der Waals surface area contributed by atoms with Crippen LogP contribution in [0.1, 0.15) is 49.9 Å². The van der Waals surface area contributed by atoms with Crippen molar-refractivity contribution in [3.8, 4) is 11.5 Å². The second-order valence-electron chi connectivity index (χ2n) is 10.3. The van der Waals surface area contributed by atoms with Crippen LogP contribution in [-0.2, 0) is 9.59 Å². The number of aliphatic hydroxyl groups excluding tert-OH is 1. The molecule has 3 aromatic carbocycles. The highest BCUT2D eigenvalue weighted by Gasteiger charge is 2.48. The molecule has 5 rings (SSSR count). The molecule has 1 amide bonds. The van der Waals surface area contributed by atoms with Crippen molar-refractivity contribution < 1.29 is 24.2 Å². The van der Waals surface area contributed by atoms with E-state index in [9.17, 15) is 14.7 Å². The maximum absolute atomic E-state index is 13.6. The Morgan fingerprint density at radius 3 is 2.51 bits per heavy atom. The maximum Gasteiger partial charge on any atom is 0.301 e. The third-order valence-electron chi connectivity index (χ3n) is 6.84. The van der Waals surface area contributed by atoms with Crippen LogP contribution in [0.3, 0.4) is 0 Å². The summed E-state index contributed by atoms with van der Waals surface area (Å²) in [6.45, 7) is 9.03. The monoisotopic (exact) mass is 590 g/mol. The number of anilines is 1. The van der Waals surface area contributed by atoms with Gasteiger partial charge in [0.15, 0.2) is 16.6 Å². The summed E-state index contributed by atoms with van der Waals surface area (Å²) in [5.74, 6) is -0.313. The van der Waals surface area contributed by atoms with E-state index in [4.69, 9.17) is 26.1 Å². The third-order valence-corrected chi connectivity index (χ3v) is 8.11. The van der Waals surface area contributed by atoms with Gasteiger partial charge < -0.3 is 14.6 Å². The minimum Gasteiger partial charge on any atom is -0.507 e. The van der Waals surface area contributed by atoms with Crippen molar-refractivity contribution in [3.63, 3.8) is 0 Å². The number of ether oxygens (including phenoxy) is 2. The number of carbonyl (C=O) groups is 2. The van der Waals surface area contributed by atoms with Crippen molar-refractivity contribution >= 4 is 55.7 Å². The van der Waals surface area contributed by atoms with Gasteiger partial charge in [0.2, 0.25) is 0 Å². The molecule has 212 valence electrons. The molecule has 0 radical (unpaired) electrons. The van der Waals surface area contributed by atoms with E-state index >= 15 is 0 Å². The highest BCUT2D eigenvalue weighted by molar-refractivity contribution is 7.22. The van der Waals surface area contributed by atoms with Crippen LogP contribution < -0.4 is 14.4 Å². The fraction of sp³-hybridized carbons (Fsp3) is 0.281. The van der Waals surface area contributed by atoms with Gasteiger partial charge in [-0.3, -0.25) is 14.5 Å². The van der Waals surface area contributed by atoms with E-state index in [1.165, 1.54) is 16.2 Å². The number of hydrogen-bond donors (Lipinski definition) is 1. The predicted molar refractivity (Wildman–Crippen MR) is 163 cm³/mol. The van der Waals surface area contributed by atoms with Crippen molar-refractivity contribution in [2.24, 2.45) is 5.92 Å². The number of aromatic nitrogens is 1. The fourth-order valence-corrected chi connectivity index (χ4v) is 5.93. The number of Topliss-reactive ketones (excluding diaryl/α,β-unsaturated/α-hetero) is 1. The summed E-state index contributed by atoms with van der Waals surface area (Å²) in [6, 6.07) is 16.7. The van der Waals surface area contributed by atoms with Gasteiger partial charge in [0.05, 0.1) is 35.0 Å². The standard InChI is InChI=1S/C32H31ClN2O5S/c1-5-39-25-17-21(9-13-24(25)40-15-14-18(2)3)28-27(29(36)20-7-10-22(33)11-8-20)30(37)31(38)35(28)32-34-23-12-6-19(4)16-26(23)41-32/h6-13,16-18,28,36H,5,14-15H2,1-4H3/b29-27+. The van der Waals surface area contributed by atoms with Crippen LogP contribution in [0.25, 0.3) is 16.0 Å². The summed E-state index contributed by atoms with van der Waals surface area (Å²) in [5.41, 5.74) is 2.69. The van der Waals surface area contributed by atoms with Crippen LogP contribution in [-0.4, -0.2) is 35.0 Å². The average molecular weight is 591 g/mol. The number of ketones is 1. The Morgan fingerprint density at radius 1 is 1.05 bits per heavy atom. The Morgan fingerprint density at radius 2 is 1.80 bits per heavy atom. The first-order valence-corrected chi connectivity index (χ1v) is 14.7. The number of aryl methyl sites for hydroxylation is 1. The number of aliphatic hydroxyl groups is 1. The predicted octanol–water partition coefficient (Wildman–Crippen LogP) is 7.71. The smallest absolute Gasteiger partial charge is 0.301 e. The number of amides is 1. The number of hydrogen-bond acceptors (Lipinski definition) is 7. The zero-order valence-corrected chi connectivity index (χ0v) is 24.9. The number of carbonyl (C=O) groups excluding carboxylic acids is 2. The van der Waals surface area contributed by atoms with Crippen LogP contribution in [0, 0.1) is 12.8 Å². The largest absolute Gasteiger partial charge is 0.507 e. The molecule has 9 heteroatoms. The second-order valence-corrected chi connectivity index (χ2v) is 11.8. The molecule has 0 aliphatic carbocycles. The topological polar surface area (TPSA) is 89.0 Å². The molecule has 1 atom stereocenters. The van der Waals surface area contributed by atoms with E-state index in [2.05, 4.69) is 13.8 Å². The summed E-state index contributed by atoms with van der Waals surface area (Å²) in [5, 5.41) is 12.3. The van der Waals surface area contributed by atoms with E-state index in [0.717, 1.165) is 22.2 Å². The van der Waals surface area contributed by atoms with Gasteiger partial charge >= 0.3 is 5.91 Å². The molecule has 0 spiro atoms. The molecule has 1 aliphatic heterocycles. The number of thiazole rings is 1. The van der Waals surface area contributed by atoms with Gasteiger partial charge in [-0.2, -0.15) is 0 Å². The van der Waals surface area contributed by atoms with Gasteiger partial charge in [-0.05, 0) is 85.8 Å². The summed E-state index contributed by atoms with van der Waals surface area (Å²) in [4.78, 5) is 33.3. The van der Waals surface area contributed by atoms with Crippen molar-refractivity contribution in [1.82, 2.24) is 4.98 Å². The van der Waals surface area contributed by atoms with Gasteiger partial charge in [-0.15, -0.1) is 0 Å². The fourth-order valence-electron chi connectivity index (χ4n) is 4.72. The van der Waals surface area contributed by atoms with E-state index in [1.807, 2.05) is 32.0 Å². The number of halogens is 1. The van der Waals surface area contributed by atoms with E-state index in [1.54, 1.807) is 42.5 Å². The number of nitrogens with zero attached hydrogens (tertiary/aromatic N) is 2. The summed E-state index contributed by atoms with van der Waals surface area (Å²) in [6.07, 6.45) is 0.881. The average Bonchev–Trinajstić information content (AvgIpc) is 3.47. The van der Waals surface area contributed by atoms with Crippen molar-refractivity contribution in [3.05, 3.63) is 87.9 Å². The van der Waals surface area contributed by atoms with Crippen LogP contribution in [0.5, 0.6) is 11.5 Å². The maximum atomic E-state index is 13.6. The molecule has 7 nitrogen and oxygen atoms in total. The molecule has 1 saturated heterocycles. The molecular formula is C32H31ClN2O5S. The van der Waals surface area contributed by atoms with Gasteiger partial charge in [0.25, 0.3) is 5.78 Å². The molecule has 1 fully saturated rings. The molecule has 4 aromatic rings. The van der Waals surface area contributed by atoms with Gasteiger partial charge in [-0.1, -0.05) is 48.9 Å². The lowest BCUT2D eigenvalue weighted by atomic mass is 9.95. The Bertz CT molecular complexity index is 1640. The number of rotatable bonds is 9. The third kappa shape index (κ3) is 5.80. The first-order chi connectivity index (χ1) is 19.7. The molecule has 1 aliphatic rings. The van der Waals surface area contributed by atoms with Gasteiger partial charge in [0.1, 0.15) is 5.76 Å². The molecule has 2 heterocycles. The highest BCUT2D eigenvalue weighted by Crippen LogP contribution is 2.46. The van der Waals surface area contributed by atoms with Crippen LogP contribution in [0.2, 0.25) is 5.02 Å². The molecule has 41 heavy (non-hydrogen) atoms. The van der Waals surface area contributed by atoms with Crippen molar-refractivity contribution in [2.45, 2.75) is 40.2 Å². The molecular weight excluding hydrogens is 560 g/mol. The minimum atomic E-state index is -0.948. The Labute approximate surface area is 248 Å². The lowest BCUT2D eigenvalue weighted by Gasteiger charge is -2.24. The molecule has 1 N–H and O–H groups in total. The van der Waals surface area contributed by atoms with Crippen LogP contribution in [0.4, 0.5) is 5.13 Å². The second kappa shape index (κ2) is 11.9. The van der Waals surface area contributed by atoms with Gasteiger partial charge in [0, 0.05) is 10.6 Å². The summed E-state index contributed by atoms with van der Waals surface area (Å²) < 4.78 is 12.8. The summed E-state index contributed by atoms with van der Waals surface area (Å²) >= 11 is 7.38. The molecule has 0 saturated carbocycles. The molecule has 1 aromatic heterocycles. The van der Waals surface area contributed by atoms with Gasteiger partial charge in [-0.25, -0.2) is 4.98 Å². The quantitative estimate of drug-likeness (QED) is 0.122. The molecule has 0 bridgehead atoms. The number of fused-ring (bicyclic) bond motifs is 1. The van der Waals surface area contributed by atoms with Crippen molar-refractivity contribution in [1.29, 1.82) is 0 Å². The van der Waals surface area contributed by atoms with E-state index in [0.29, 0.717) is 51.9 Å². The Hall–Kier alpha value is -3.88. The van der Waals surface area contributed by atoms with Crippen molar-refractivity contribution in [2.75, 3.05) is 18.1 Å². The first-order valence-electron chi connectivity index (χ1n) is 13.5. The Balaban J connectivity index is 1.67. The van der Waals surface area contributed by atoms with E-state index in [-0.39, 0.29) is 11.3 Å². The normalized spacial score (nSPS) is 16.6. The zero-order valence-electron chi connectivity index (χ0n) is 23.3. The minimum absolute atomic E-state index is 0.0383. The van der Waals surface area contributed by atoms with E-state index < -0.39 is 17.7 Å². The van der Waals surface area contributed by atoms with Crippen LogP contribution >= 0.6 is 22.9 Å². The lowest BCUT2D eigenvalue weighted by molar-refractivity contribution is -0.132. The zero-order chi connectivity index (χ0) is 29.3. The number of benzene rings is 3.